The lowest BCUT2D eigenvalue weighted by molar-refractivity contribution is 0.0646. The number of piperidine rings is 1. The Bertz CT molecular complexity index is 914. The third kappa shape index (κ3) is 3.09. The Morgan fingerprint density at radius 1 is 1.21 bits per heavy atom. The lowest BCUT2D eigenvalue weighted by Gasteiger charge is -2.38. The number of ether oxygens (including phenoxy) is 1. The van der Waals surface area contributed by atoms with Gasteiger partial charge in [0, 0.05) is 36.2 Å². The molecule has 1 saturated heterocycles. The molecule has 1 spiro atoms. The van der Waals surface area contributed by atoms with E-state index in [2.05, 4.69) is 6.07 Å². The number of aliphatic hydroxyl groups excluding tert-OH is 1. The molecular formula is C23H28N2O3. The molecule has 0 aliphatic carbocycles. The van der Waals surface area contributed by atoms with Crippen LogP contribution in [0.2, 0.25) is 0 Å². The number of carbonyl (C=O) groups excluding carboxylic acids is 1. The van der Waals surface area contributed by atoms with E-state index in [4.69, 9.17) is 10.5 Å². The molecule has 0 saturated carbocycles. The van der Waals surface area contributed by atoms with Crippen LogP contribution in [0, 0.1) is 13.8 Å². The van der Waals surface area contributed by atoms with Crippen LogP contribution in [0.5, 0.6) is 5.75 Å². The number of hydrogen-bond acceptors (Lipinski definition) is 4. The first-order valence-corrected chi connectivity index (χ1v) is 9.94. The summed E-state index contributed by atoms with van der Waals surface area (Å²) < 4.78 is 5.96. The summed E-state index contributed by atoms with van der Waals surface area (Å²) in [5.41, 5.74) is 11.7. The van der Waals surface area contributed by atoms with Crippen LogP contribution in [0.25, 0.3) is 0 Å². The van der Waals surface area contributed by atoms with Gasteiger partial charge in [0.1, 0.15) is 5.75 Å². The highest BCUT2D eigenvalue weighted by Crippen LogP contribution is 2.46. The first-order chi connectivity index (χ1) is 13.5. The van der Waals surface area contributed by atoms with E-state index in [1.54, 1.807) is 0 Å². The van der Waals surface area contributed by atoms with E-state index in [1.165, 1.54) is 5.56 Å². The van der Waals surface area contributed by atoms with Crippen molar-refractivity contribution < 1.29 is 14.6 Å². The number of hydrogen-bond donors (Lipinski definition) is 2. The average molecular weight is 380 g/mol. The minimum Gasteiger partial charge on any atom is -0.492 e. The minimum absolute atomic E-state index is 0.0171. The monoisotopic (exact) mass is 380 g/mol. The van der Waals surface area contributed by atoms with Gasteiger partial charge in [-0.05, 0) is 67.1 Å². The van der Waals surface area contributed by atoms with Crippen LogP contribution in [0.3, 0.4) is 0 Å². The lowest BCUT2D eigenvalue weighted by atomic mass is 9.74. The van der Waals surface area contributed by atoms with Crippen molar-refractivity contribution in [2.75, 3.05) is 19.7 Å². The van der Waals surface area contributed by atoms with Crippen LogP contribution in [-0.4, -0.2) is 35.6 Å². The molecule has 148 valence electrons. The summed E-state index contributed by atoms with van der Waals surface area (Å²) in [6.07, 6.45) is 1.77. The molecule has 2 aromatic rings. The molecule has 2 aromatic carbocycles. The number of amides is 1. The molecule has 0 bridgehead atoms. The van der Waals surface area contributed by atoms with Crippen LogP contribution in [0.15, 0.2) is 30.3 Å². The third-order valence-corrected chi connectivity index (χ3v) is 6.55. The van der Waals surface area contributed by atoms with Gasteiger partial charge in [-0.1, -0.05) is 12.1 Å². The van der Waals surface area contributed by atoms with E-state index < -0.39 is 0 Å². The van der Waals surface area contributed by atoms with Gasteiger partial charge in [0.15, 0.2) is 0 Å². The number of carbonyl (C=O) groups is 1. The summed E-state index contributed by atoms with van der Waals surface area (Å²) in [6, 6.07) is 9.99. The van der Waals surface area contributed by atoms with E-state index in [9.17, 15) is 9.90 Å². The molecule has 0 aromatic heterocycles. The number of nitrogens with two attached hydrogens (primary N) is 1. The lowest BCUT2D eigenvalue weighted by Crippen LogP contribution is -2.46. The molecule has 5 nitrogen and oxygen atoms in total. The van der Waals surface area contributed by atoms with Crippen molar-refractivity contribution in [1.29, 1.82) is 0 Å². The van der Waals surface area contributed by atoms with E-state index in [1.807, 2.05) is 43.0 Å². The normalized spacial score (nSPS) is 17.5. The molecular weight excluding hydrogens is 352 g/mol. The summed E-state index contributed by atoms with van der Waals surface area (Å²) in [5, 5.41) is 9.59. The molecule has 1 fully saturated rings. The number of fused-ring (bicyclic) bond motifs is 2. The maximum Gasteiger partial charge on any atom is 0.253 e. The summed E-state index contributed by atoms with van der Waals surface area (Å²) in [7, 11) is 0. The Morgan fingerprint density at radius 3 is 2.64 bits per heavy atom. The second-order valence-electron chi connectivity index (χ2n) is 8.13. The van der Waals surface area contributed by atoms with Gasteiger partial charge in [0.2, 0.25) is 0 Å². The van der Waals surface area contributed by atoms with Crippen LogP contribution >= 0.6 is 0 Å². The first-order valence-electron chi connectivity index (χ1n) is 9.94. The van der Waals surface area contributed by atoms with Gasteiger partial charge < -0.3 is 20.5 Å². The van der Waals surface area contributed by atoms with Crippen molar-refractivity contribution in [3.05, 3.63) is 63.7 Å². The van der Waals surface area contributed by atoms with Crippen LogP contribution < -0.4 is 10.5 Å². The Balaban J connectivity index is 1.53. The van der Waals surface area contributed by atoms with E-state index in [-0.39, 0.29) is 17.9 Å². The Kier molecular flexibility index (Phi) is 4.89. The molecule has 2 aliphatic rings. The maximum absolute atomic E-state index is 13.1. The van der Waals surface area contributed by atoms with Crippen molar-refractivity contribution >= 4 is 5.91 Å². The fraction of sp³-hybridized carbons (Fsp3) is 0.435. The van der Waals surface area contributed by atoms with Gasteiger partial charge in [0.25, 0.3) is 5.91 Å². The molecule has 5 heteroatoms. The molecule has 28 heavy (non-hydrogen) atoms. The molecule has 4 rings (SSSR count). The fourth-order valence-electron chi connectivity index (χ4n) is 4.49. The number of aliphatic hydroxyl groups is 1. The summed E-state index contributed by atoms with van der Waals surface area (Å²) in [6.45, 7) is 6.52. The predicted octanol–water partition coefficient (Wildman–Crippen LogP) is 2.82. The zero-order chi connectivity index (χ0) is 19.9. The molecule has 2 aliphatic heterocycles. The van der Waals surface area contributed by atoms with Gasteiger partial charge >= 0.3 is 0 Å². The van der Waals surface area contributed by atoms with Crippen molar-refractivity contribution in [1.82, 2.24) is 4.90 Å². The molecule has 3 N–H and O–H groups in total. The van der Waals surface area contributed by atoms with Crippen molar-refractivity contribution in [2.24, 2.45) is 5.73 Å². The highest BCUT2D eigenvalue weighted by Gasteiger charge is 2.44. The van der Waals surface area contributed by atoms with Gasteiger partial charge in [-0.15, -0.1) is 0 Å². The maximum atomic E-state index is 13.1. The van der Waals surface area contributed by atoms with Crippen LogP contribution in [0.4, 0.5) is 0 Å². The quantitative estimate of drug-likeness (QED) is 0.859. The second-order valence-corrected chi connectivity index (χ2v) is 8.13. The van der Waals surface area contributed by atoms with Crippen molar-refractivity contribution in [2.45, 2.75) is 45.3 Å². The average Bonchev–Trinajstić information content (AvgIpc) is 3.07. The SMILES string of the molecule is Cc1cc(C(=O)N2CCC3(CC2)COc2ccc(CN)cc23)cc(CO)c1C. The van der Waals surface area contributed by atoms with Crippen molar-refractivity contribution in [3.63, 3.8) is 0 Å². The summed E-state index contributed by atoms with van der Waals surface area (Å²) in [5.74, 6) is 1.00. The van der Waals surface area contributed by atoms with Crippen LogP contribution in [0.1, 0.15) is 51.0 Å². The van der Waals surface area contributed by atoms with E-state index in [0.29, 0.717) is 31.8 Å². The Hall–Kier alpha value is -2.37. The van der Waals surface area contributed by atoms with Gasteiger partial charge in [-0.2, -0.15) is 0 Å². The third-order valence-electron chi connectivity index (χ3n) is 6.55. The number of nitrogens with zero attached hydrogens (tertiary/aromatic N) is 1. The van der Waals surface area contributed by atoms with Crippen molar-refractivity contribution in [3.8, 4) is 5.75 Å². The first kappa shape index (κ1) is 19.0. The topological polar surface area (TPSA) is 75.8 Å². The molecule has 1 amide bonds. The van der Waals surface area contributed by atoms with E-state index >= 15 is 0 Å². The zero-order valence-electron chi connectivity index (χ0n) is 16.6. The smallest absolute Gasteiger partial charge is 0.253 e. The predicted molar refractivity (Wildman–Crippen MR) is 108 cm³/mol. The van der Waals surface area contributed by atoms with Crippen LogP contribution in [-0.2, 0) is 18.6 Å². The number of rotatable bonds is 3. The Morgan fingerprint density at radius 2 is 1.96 bits per heavy atom. The molecule has 0 radical (unpaired) electrons. The second kappa shape index (κ2) is 7.22. The highest BCUT2D eigenvalue weighted by atomic mass is 16.5. The Labute approximate surface area is 166 Å². The zero-order valence-corrected chi connectivity index (χ0v) is 16.6. The van der Waals surface area contributed by atoms with Gasteiger partial charge in [0.05, 0.1) is 13.2 Å². The summed E-state index contributed by atoms with van der Waals surface area (Å²) >= 11 is 0. The molecule has 2 heterocycles. The van der Waals surface area contributed by atoms with Gasteiger partial charge in [-0.25, -0.2) is 0 Å². The summed E-state index contributed by atoms with van der Waals surface area (Å²) in [4.78, 5) is 15.0. The fourth-order valence-corrected chi connectivity index (χ4v) is 4.49. The highest BCUT2D eigenvalue weighted by molar-refractivity contribution is 5.95. The largest absolute Gasteiger partial charge is 0.492 e. The van der Waals surface area contributed by atoms with E-state index in [0.717, 1.165) is 40.8 Å². The standard InChI is InChI=1S/C23H28N2O3/c1-15-9-18(11-19(13-26)16(15)2)22(27)25-7-5-23(6-8-25)14-28-21-4-3-17(12-24)10-20(21)23/h3-4,9-11,26H,5-8,12-14,24H2,1-2H3. The molecule has 0 unspecified atom stereocenters. The number of likely N-dealkylation sites (tertiary alicyclic amines) is 1. The van der Waals surface area contributed by atoms with Gasteiger partial charge in [-0.3, -0.25) is 4.79 Å². The number of benzene rings is 2. The number of aryl methyl sites for hydroxylation is 1. The minimum atomic E-state index is -0.0471. The molecule has 0 atom stereocenters.